The van der Waals surface area contributed by atoms with E-state index >= 15 is 0 Å². The number of likely N-dealkylation sites (tertiary alicyclic amines) is 1. The van der Waals surface area contributed by atoms with Crippen LogP contribution < -0.4 is 15.0 Å². The fraction of sp³-hybridized carbons (Fsp3) is 0.417. The van der Waals surface area contributed by atoms with Crippen LogP contribution in [0.4, 0.5) is 14.5 Å². The van der Waals surface area contributed by atoms with Gasteiger partial charge in [0.05, 0.1) is 5.69 Å². The molecule has 2 aliphatic rings. The highest BCUT2D eigenvalue weighted by atomic mass is 19.2. The molecule has 4 rings (SSSR count). The summed E-state index contributed by atoms with van der Waals surface area (Å²) in [5, 5.41) is 3.07. The van der Waals surface area contributed by atoms with Gasteiger partial charge in [-0.3, -0.25) is 14.5 Å². The van der Waals surface area contributed by atoms with Gasteiger partial charge in [-0.15, -0.1) is 0 Å². The van der Waals surface area contributed by atoms with Crippen LogP contribution >= 0.6 is 0 Å². The van der Waals surface area contributed by atoms with E-state index in [2.05, 4.69) is 10.2 Å². The minimum atomic E-state index is -0.841. The number of nitrogens with one attached hydrogen (secondary N) is 1. The number of anilines is 1. The summed E-state index contributed by atoms with van der Waals surface area (Å²) >= 11 is 0. The van der Waals surface area contributed by atoms with Gasteiger partial charge in [0.15, 0.2) is 17.7 Å². The standard InChI is InChI=1S/C24H27F2N3O3/c1-16-24(31)29(21-4-2-3-5-22(21)32-16)13-10-23(30)27-18-8-11-28(12-9-18)15-17-6-7-19(25)20(26)14-17/h2-7,14,16,18H,8-13,15H2,1H3,(H,27,30). The molecule has 0 aromatic heterocycles. The molecule has 2 aliphatic heterocycles. The van der Waals surface area contributed by atoms with E-state index < -0.39 is 17.7 Å². The van der Waals surface area contributed by atoms with Crippen LogP contribution in [0, 0.1) is 11.6 Å². The number of fused-ring (bicyclic) bond motifs is 1. The van der Waals surface area contributed by atoms with Gasteiger partial charge in [-0.2, -0.15) is 0 Å². The fourth-order valence-corrected chi connectivity index (χ4v) is 4.23. The molecule has 1 fully saturated rings. The number of para-hydroxylation sites is 2. The zero-order valence-corrected chi connectivity index (χ0v) is 18.0. The lowest BCUT2D eigenvalue weighted by Gasteiger charge is -2.34. The molecule has 32 heavy (non-hydrogen) atoms. The minimum Gasteiger partial charge on any atom is -0.479 e. The molecule has 0 aliphatic carbocycles. The summed E-state index contributed by atoms with van der Waals surface area (Å²) in [6, 6.07) is 11.4. The van der Waals surface area contributed by atoms with Crippen molar-refractivity contribution in [3.05, 3.63) is 59.7 Å². The molecule has 2 amide bonds. The van der Waals surface area contributed by atoms with Gasteiger partial charge in [-0.25, -0.2) is 8.78 Å². The number of amides is 2. The Morgan fingerprint density at radius 2 is 1.88 bits per heavy atom. The molecule has 2 aromatic carbocycles. The summed E-state index contributed by atoms with van der Waals surface area (Å²) in [5.74, 6) is -1.27. The quantitative estimate of drug-likeness (QED) is 0.745. The highest BCUT2D eigenvalue weighted by Gasteiger charge is 2.31. The van der Waals surface area contributed by atoms with Crippen LogP contribution in [0.1, 0.15) is 31.7 Å². The van der Waals surface area contributed by atoms with E-state index in [-0.39, 0.29) is 24.3 Å². The maximum absolute atomic E-state index is 13.4. The lowest BCUT2D eigenvalue weighted by molar-refractivity contribution is -0.125. The Balaban J connectivity index is 1.24. The highest BCUT2D eigenvalue weighted by Crippen LogP contribution is 2.33. The highest BCUT2D eigenvalue weighted by molar-refractivity contribution is 6.00. The van der Waals surface area contributed by atoms with E-state index in [0.717, 1.165) is 37.6 Å². The molecule has 170 valence electrons. The number of nitrogens with zero attached hydrogens (tertiary/aromatic N) is 2. The van der Waals surface area contributed by atoms with Crippen LogP contribution in [0.15, 0.2) is 42.5 Å². The van der Waals surface area contributed by atoms with Crippen LogP contribution in [-0.2, 0) is 16.1 Å². The van der Waals surface area contributed by atoms with Gasteiger partial charge in [-0.05, 0) is 49.6 Å². The van der Waals surface area contributed by atoms with Gasteiger partial charge in [0.1, 0.15) is 5.75 Å². The monoisotopic (exact) mass is 443 g/mol. The van der Waals surface area contributed by atoms with E-state index in [1.165, 1.54) is 6.07 Å². The maximum atomic E-state index is 13.4. The van der Waals surface area contributed by atoms with E-state index in [1.54, 1.807) is 17.9 Å². The van der Waals surface area contributed by atoms with Crippen molar-refractivity contribution in [2.24, 2.45) is 0 Å². The van der Waals surface area contributed by atoms with E-state index in [9.17, 15) is 18.4 Å². The van der Waals surface area contributed by atoms with Crippen LogP contribution in [0.3, 0.4) is 0 Å². The van der Waals surface area contributed by atoms with Crippen molar-refractivity contribution in [1.29, 1.82) is 0 Å². The number of halogens is 2. The fourth-order valence-electron chi connectivity index (χ4n) is 4.23. The van der Waals surface area contributed by atoms with Crippen LogP contribution in [0.5, 0.6) is 5.75 Å². The first-order valence-electron chi connectivity index (χ1n) is 10.9. The Morgan fingerprint density at radius 1 is 1.12 bits per heavy atom. The molecule has 6 nitrogen and oxygen atoms in total. The first-order valence-corrected chi connectivity index (χ1v) is 10.9. The average Bonchev–Trinajstić information content (AvgIpc) is 2.78. The predicted octanol–water partition coefficient (Wildman–Crippen LogP) is 3.25. The summed E-state index contributed by atoms with van der Waals surface area (Å²) in [5.41, 5.74) is 1.42. The van der Waals surface area contributed by atoms with Crippen molar-refractivity contribution in [2.75, 3.05) is 24.5 Å². The largest absolute Gasteiger partial charge is 0.479 e. The van der Waals surface area contributed by atoms with Crippen LogP contribution in [0.2, 0.25) is 0 Å². The molecule has 0 bridgehead atoms. The van der Waals surface area contributed by atoms with Gasteiger partial charge < -0.3 is 15.0 Å². The summed E-state index contributed by atoms with van der Waals surface area (Å²) in [6.45, 7) is 4.08. The zero-order valence-electron chi connectivity index (χ0n) is 18.0. The molecule has 1 unspecified atom stereocenters. The summed E-state index contributed by atoms with van der Waals surface area (Å²) in [7, 11) is 0. The molecule has 0 saturated carbocycles. The first-order chi connectivity index (χ1) is 15.4. The number of benzene rings is 2. The number of piperidine rings is 1. The number of carbonyl (C=O) groups is 2. The molecular weight excluding hydrogens is 416 g/mol. The molecule has 0 radical (unpaired) electrons. The van der Waals surface area contributed by atoms with Gasteiger partial charge in [0.2, 0.25) is 5.91 Å². The topological polar surface area (TPSA) is 61.9 Å². The molecule has 1 saturated heterocycles. The summed E-state index contributed by atoms with van der Waals surface area (Å²) in [6.07, 6.45) is 1.20. The number of rotatable bonds is 6. The summed E-state index contributed by atoms with van der Waals surface area (Å²) in [4.78, 5) is 28.8. The maximum Gasteiger partial charge on any atom is 0.267 e. The molecular formula is C24H27F2N3O3. The lowest BCUT2D eigenvalue weighted by Crippen LogP contribution is -2.47. The molecule has 1 atom stereocenters. The van der Waals surface area contributed by atoms with Gasteiger partial charge >= 0.3 is 0 Å². The number of hydrogen-bond acceptors (Lipinski definition) is 4. The van der Waals surface area contributed by atoms with Crippen LogP contribution in [0.25, 0.3) is 0 Å². The average molecular weight is 443 g/mol. The third-order valence-electron chi connectivity index (χ3n) is 5.98. The number of carbonyl (C=O) groups excluding carboxylic acids is 2. The summed E-state index contributed by atoms with van der Waals surface area (Å²) < 4.78 is 32.1. The van der Waals surface area contributed by atoms with Crippen molar-refractivity contribution >= 4 is 17.5 Å². The Hall–Kier alpha value is -3.00. The predicted molar refractivity (Wildman–Crippen MR) is 116 cm³/mol. The zero-order chi connectivity index (χ0) is 22.7. The van der Waals surface area contributed by atoms with Crippen molar-refractivity contribution < 1.29 is 23.1 Å². The minimum absolute atomic E-state index is 0.0651. The second kappa shape index (κ2) is 9.65. The first kappa shape index (κ1) is 22.2. The second-order valence-corrected chi connectivity index (χ2v) is 8.33. The molecule has 1 N–H and O–H groups in total. The lowest BCUT2D eigenvalue weighted by atomic mass is 10.0. The second-order valence-electron chi connectivity index (χ2n) is 8.33. The molecule has 2 aromatic rings. The number of hydrogen-bond donors (Lipinski definition) is 1. The smallest absolute Gasteiger partial charge is 0.267 e. The molecule has 8 heteroatoms. The van der Waals surface area contributed by atoms with Crippen LogP contribution in [-0.4, -0.2) is 48.5 Å². The van der Waals surface area contributed by atoms with Crippen molar-refractivity contribution in [2.45, 2.75) is 44.9 Å². The Morgan fingerprint density at radius 3 is 2.62 bits per heavy atom. The van der Waals surface area contributed by atoms with Gasteiger partial charge in [0, 0.05) is 38.6 Å². The van der Waals surface area contributed by atoms with Crippen molar-refractivity contribution in [3.8, 4) is 5.75 Å². The number of ether oxygens (including phenoxy) is 1. The third-order valence-corrected chi connectivity index (χ3v) is 5.98. The van der Waals surface area contributed by atoms with E-state index in [4.69, 9.17) is 4.74 Å². The SMILES string of the molecule is CC1Oc2ccccc2N(CCC(=O)NC2CCN(Cc3ccc(F)c(F)c3)CC2)C1=O. The Kier molecular flexibility index (Phi) is 6.69. The van der Waals surface area contributed by atoms with Crippen molar-refractivity contribution in [1.82, 2.24) is 10.2 Å². The van der Waals surface area contributed by atoms with Crippen molar-refractivity contribution in [3.63, 3.8) is 0 Å². The Labute approximate surface area is 186 Å². The van der Waals surface area contributed by atoms with Gasteiger partial charge in [-0.1, -0.05) is 18.2 Å². The Bertz CT molecular complexity index is 992. The van der Waals surface area contributed by atoms with E-state index in [0.29, 0.717) is 24.5 Å². The van der Waals surface area contributed by atoms with E-state index in [1.807, 2.05) is 24.3 Å². The van der Waals surface area contributed by atoms with Gasteiger partial charge in [0.25, 0.3) is 5.91 Å². The third kappa shape index (κ3) is 5.07. The normalized spacial score (nSPS) is 19.4. The molecule has 2 heterocycles. The molecule has 0 spiro atoms.